The van der Waals surface area contributed by atoms with Crippen molar-refractivity contribution < 1.29 is 9.13 Å². The van der Waals surface area contributed by atoms with Gasteiger partial charge in [0.2, 0.25) is 0 Å². The second-order valence-corrected chi connectivity index (χ2v) is 8.04. The van der Waals surface area contributed by atoms with Gasteiger partial charge in [0.15, 0.2) is 0 Å². The van der Waals surface area contributed by atoms with Crippen LogP contribution in [0.15, 0.2) is 30.3 Å². The summed E-state index contributed by atoms with van der Waals surface area (Å²) < 4.78 is 19.6. The first kappa shape index (κ1) is 15.9. The summed E-state index contributed by atoms with van der Waals surface area (Å²) in [6.45, 7) is 2.41. The van der Waals surface area contributed by atoms with Crippen molar-refractivity contribution in [2.24, 2.45) is 17.8 Å². The molecule has 0 radical (unpaired) electrons. The van der Waals surface area contributed by atoms with Crippen molar-refractivity contribution in [3.63, 3.8) is 0 Å². The SMILES string of the molecule is COc1cc(F)c2cc(C3CCC4CC(C)CCC4C3)ccc2c1. The molecule has 0 spiro atoms. The Morgan fingerprint density at radius 1 is 0.958 bits per heavy atom. The highest BCUT2D eigenvalue weighted by Crippen LogP contribution is 2.47. The van der Waals surface area contributed by atoms with Gasteiger partial charge in [0, 0.05) is 11.5 Å². The van der Waals surface area contributed by atoms with Gasteiger partial charge in [-0.25, -0.2) is 4.39 Å². The molecule has 0 aliphatic heterocycles. The molecule has 128 valence electrons. The van der Waals surface area contributed by atoms with Gasteiger partial charge in [0.1, 0.15) is 11.6 Å². The monoisotopic (exact) mass is 326 g/mol. The Morgan fingerprint density at radius 3 is 2.58 bits per heavy atom. The van der Waals surface area contributed by atoms with E-state index in [1.807, 2.05) is 6.07 Å². The van der Waals surface area contributed by atoms with Gasteiger partial charge >= 0.3 is 0 Å². The van der Waals surface area contributed by atoms with Crippen LogP contribution in [0.4, 0.5) is 4.39 Å². The van der Waals surface area contributed by atoms with Crippen LogP contribution in [0.5, 0.6) is 5.75 Å². The van der Waals surface area contributed by atoms with Crippen molar-refractivity contribution >= 4 is 10.8 Å². The quantitative estimate of drug-likeness (QED) is 0.628. The van der Waals surface area contributed by atoms with Crippen molar-refractivity contribution in [2.45, 2.75) is 51.4 Å². The lowest BCUT2D eigenvalue weighted by atomic mass is 9.64. The normalized spacial score (nSPS) is 30.1. The maximum atomic E-state index is 14.4. The molecule has 1 nitrogen and oxygen atoms in total. The highest BCUT2D eigenvalue weighted by atomic mass is 19.1. The summed E-state index contributed by atoms with van der Waals surface area (Å²) in [5.41, 5.74) is 1.32. The molecule has 2 aliphatic rings. The van der Waals surface area contributed by atoms with Crippen molar-refractivity contribution in [3.05, 3.63) is 41.7 Å². The van der Waals surface area contributed by atoms with E-state index in [0.717, 1.165) is 28.5 Å². The first-order valence-electron chi connectivity index (χ1n) is 9.41. The predicted molar refractivity (Wildman–Crippen MR) is 97.0 cm³/mol. The first-order chi connectivity index (χ1) is 11.6. The van der Waals surface area contributed by atoms with E-state index in [9.17, 15) is 4.39 Å². The van der Waals surface area contributed by atoms with Gasteiger partial charge in [-0.2, -0.15) is 0 Å². The summed E-state index contributed by atoms with van der Waals surface area (Å²) in [7, 11) is 1.58. The molecule has 4 unspecified atom stereocenters. The van der Waals surface area contributed by atoms with E-state index in [1.54, 1.807) is 7.11 Å². The summed E-state index contributed by atoms with van der Waals surface area (Å²) in [5.74, 6) is 3.75. The summed E-state index contributed by atoms with van der Waals surface area (Å²) in [4.78, 5) is 0. The molecule has 2 aromatic carbocycles. The number of rotatable bonds is 2. The molecular formula is C22H27FO. The zero-order valence-electron chi connectivity index (χ0n) is 14.7. The van der Waals surface area contributed by atoms with Crippen molar-refractivity contribution in [1.29, 1.82) is 0 Å². The van der Waals surface area contributed by atoms with Crippen molar-refractivity contribution in [2.75, 3.05) is 7.11 Å². The molecule has 2 aliphatic carbocycles. The van der Waals surface area contributed by atoms with Gasteiger partial charge in [-0.3, -0.25) is 0 Å². The smallest absolute Gasteiger partial charge is 0.134 e. The van der Waals surface area contributed by atoms with Crippen LogP contribution in [-0.2, 0) is 0 Å². The topological polar surface area (TPSA) is 9.23 Å². The van der Waals surface area contributed by atoms with Crippen LogP contribution in [0.3, 0.4) is 0 Å². The van der Waals surface area contributed by atoms with Crippen molar-refractivity contribution in [3.8, 4) is 5.75 Å². The fraction of sp³-hybridized carbons (Fsp3) is 0.545. The summed E-state index contributed by atoms with van der Waals surface area (Å²) in [5, 5.41) is 1.66. The molecule has 2 fully saturated rings. The Bertz CT molecular complexity index is 738. The van der Waals surface area contributed by atoms with Crippen LogP contribution in [0, 0.1) is 23.6 Å². The molecule has 24 heavy (non-hydrogen) atoms. The molecule has 0 saturated heterocycles. The molecule has 0 aromatic heterocycles. The minimum Gasteiger partial charge on any atom is -0.497 e. The number of methoxy groups -OCH3 is 1. The third-order valence-corrected chi connectivity index (χ3v) is 6.48. The van der Waals surface area contributed by atoms with Crippen molar-refractivity contribution in [1.82, 2.24) is 0 Å². The first-order valence-corrected chi connectivity index (χ1v) is 9.41. The van der Waals surface area contributed by atoms with E-state index in [2.05, 4.69) is 25.1 Å². The lowest BCUT2D eigenvalue weighted by molar-refractivity contribution is 0.124. The third-order valence-electron chi connectivity index (χ3n) is 6.48. The second-order valence-electron chi connectivity index (χ2n) is 8.04. The second kappa shape index (κ2) is 6.38. The molecule has 0 bridgehead atoms. The lowest BCUT2D eigenvalue weighted by Crippen LogP contribution is -2.29. The Balaban J connectivity index is 1.59. The molecule has 4 atom stereocenters. The zero-order valence-corrected chi connectivity index (χ0v) is 14.7. The highest BCUT2D eigenvalue weighted by molar-refractivity contribution is 5.85. The van der Waals surface area contributed by atoms with Gasteiger partial charge < -0.3 is 4.74 Å². The van der Waals surface area contributed by atoms with Crippen LogP contribution in [-0.4, -0.2) is 7.11 Å². The van der Waals surface area contributed by atoms with E-state index in [4.69, 9.17) is 4.74 Å². The van der Waals surface area contributed by atoms with Crippen LogP contribution in [0.1, 0.15) is 56.9 Å². The average Bonchev–Trinajstić information content (AvgIpc) is 2.61. The Kier molecular flexibility index (Phi) is 4.24. The molecule has 2 heteroatoms. The maximum absolute atomic E-state index is 14.4. The number of ether oxygens (including phenoxy) is 1. The summed E-state index contributed by atoms with van der Waals surface area (Å²) in [6.07, 6.45) is 8.10. The van der Waals surface area contributed by atoms with E-state index >= 15 is 0 Å². The Hall–Kier alpha value is -1.57. The van der Waals surface area contributed by atoms with E-state index in [1.165, 1.54) is 50.2 Å². The third kappa shape index (κ3) is 2.92. The van der Waals surface area contributed by atoms with E-state index < -0.39 is 0 Å². The zero-order chi connectivity index (χ0) is 16.7. The van der Waals surface area contributed by atoms with Gasteiger partial charge in [-0.1, -0.05) is 25.5 Å². The van der Waals surface area contributed by atoms with Crippen LogP contribution < -0.4 is 4.74 Å². The summed E-state index contributed by atoms with van der Waals surface area (Å²) in [6, 6.07) is 9.76. The largest absolute Gasteiger partial charge is 0.497 e. The van der Waals surface area contributed by atoms with Crippen LogP contribution >= 0.6 is 0 Å². The molecule has 0 N–H and O–H groups in total. The molecule has 0 amide bonds. The molecule has 2 saturated carbocycles. The molecular weight excluding hydrogens is 299 g/mol. The number of benzene rings is 2. The number of hydrogen-bond donors (Lipinski definition) is 0. The lowest BCUT2D eigenvalue weighted by Gasteiger charge is -2.41. The predicted octanol–water partition coefficient (Wildman–Crippen LogP) is 6.31. The van der Waals surface area contributed by atoms with E-state index in [-0.39, 0.29) is 5.82 Å². The van der Waals surface area contributed by atoms with Gasteiger partial charge in [-0.05, 0) is 78.9 Å². The van der Waals surface area contributed by atoms with Gasteiger partial charge in [-0.15, -0.1) is 0 Å². The van der Waals surface area contributed by atoms with Crippen LogP contribution in [0.25, 0.3) is 10.8 Å². The van der Waals surface area contributed by atoms with Crippen LogP contribution in [0.2, 0.25) is 0 Å². The summed E-state index contributed by atoms with van der Waals surface area (Å²) >= 11 is 0. The van der Waals surface area contributed by atoms with Gasteiger partial charge in [0.05, 0.1) is 7.11 Å². The Morgan fingerprint density at radius 2 is 1.75 bits per heavy atom. The van der Waals surface area contributed by atoms with E-state index in [0.29, 0.717) is 11.7 Å². The molecule has 0 heterocycles. The highest BCUT2D eigenvalue weighted by Gasteiger charge is 2.34. The standard InChI is InChI=1S/C22H27FO/c1-14-3-4-16-10-17(6-5-15(16)9-14)18-7-8-19-11-20(24-2)13-22(23)21(19)12-18/h7-8,11-17H,3-6,9-10H2,1-2H3. The number of fused-ring (bicyclic) bond motifs is 2. The fourth-order valence-electron chi connectivity index (χ4n) is 5.10. The molecule has 4 rings (SSSR count). The fourth-order valence-corrected chi connectivity index (χ4v) is 5.10. The average molecular weight is 326 g/mol. The Labute approximate surface area is 144 Å². The minimum absolute atomic E-state index is 0.175. The maximum Gasteiger partial charge on any atom is 0.134 e. The van der Waals surface area contributed by atoms with Gasteiger partial charge in [0.25, 0.3) is 0 Å². The molecule has 2 aromatic rings. The number of hydrogen-bond acceptors (Lipinski definition) is 1. The minimum atomic E-state index is -0.175. The number of halogens is 1.